The van der Waals surface area contributed by atoms with E-state index in [1.807, 2.05) is 0 Å². The van der Waals surface area contributed by atoms with Gasteiger partial charge in [0.05, 0.1) is 23.8 Å². The number of methoxy groups -OCH3 is 1. The minimum atomic E-state index is -4.68. The second-order valence-electron chi connectivity index (χ2n) is 5.49. The zero-order chi connectivity index (χ0) is 20.9. The molecule has 0 spiro atoms. The predicted octanol–water partition coefficient (Wildman–Crippen LogP) is 3.94. The number of alkyl halides is 3. The number of sulfone groups is 1. The molecule has 0 aromatic carbocycles. The van der Waals surface area contributed by atoms with E-state index >= 15 is 0 Å². The number of halogens is 5. The molecule has 3 aromatic heterocycles. The molecule has 0 saturated carbocycles. The van der Waals surface area contributed by atoms with Crippen LogP contribution in [0.25, 0.3) is 16.7 Å². The van der Waals surface area contributed by atoms with Crippen molar-refractivity contribution in [3.63, 3.8) is 0 Å². The molecule has 3 heterocycles. The summed E-state index contributed by atoms with van der Waals surface area (Å²) in [7, 11) is -2.56. The van der Waals surface area contributed by atoms with Crippen molar-refractivity contribution in [2.45, 2.75) is 18.0 Å². The van der Waals surface area contributed by atoms with E-state index in [4.69, 9.17) is 27.9 Å². The van der Waals surface area contributed by atoms with Crippen LogP contribution < -0.4 is 4.74 Å². The maximum atomic E-state index is 12.9. The van der Waals surface area contributed by atoms with Crippen LogP contribution in [0.2, 0.25) is 10.2 Å². The lowest BCUT2D eigenvalue weighted by Crippen LogP contribution is -2.12. The van der Waals surface area contributed by atoms with Crippen molar-refractivity contribution < 1.29 is 26.3 Å². The number of hydrogen-bond acceptors (Lipinski definition) is 6. The van der Waals surface area contributed by atoms with Gasteiger partial charge < -0.3 is 4.74 Å². The summed E-state index contributed by atoms with van der Waals surface area (Å²) in [6.07, 6.45) is -3.77. The van der Waals surface area contributed by atoms with Gasteiger partial charge in [-0.1, -0.05) is 30.1 Å². The third-order valence-electron chi connectivity index (χ3n) is 3.79. The molecule has 3 aromatic rings. The third-order valence-corrected chi connectivity index (χ3v) is 6.15. The molecule has 0 aliphatic heterocycles. The predicted molar refractivity (Wildman–Crippen MR) is 96.0 cm³/mol. The molecule has 0 radical (unpaired) electrons. The Morgan fingerprint density at radius 1 is 1.25 bits per heavy atom. The lowest BCUT2D eigenvalue weighted by atomic mass is 10.3. The van der Waals surface area contributed by atoms with Crippen LogP contribution in [0.3, 0.4) is 0 Å². The summed E-state index contributed by atoms with van der Waals surface area (Å²) in [5, 5.41) is 3.85. The lowest BCUT2D eigenvalue weighted by Gasteiger charge is -2.12. The molecule has 0 aliphatic carbocycles. The Hall–Kier alpha value is -2.11. The largest absolute Gasteiger partial charge is 0.480 e. The maximum absolute atomic E-state index is 12.9. The first-order valence-electron chi connectivity index (χ1n) is 7.58. The van der Waals surface area contributed by atoms with Gasteiger partial charge in [-0.25, -0.2) is 13.1 Å². The van der Waals surface area contributed by atoms with E-state index in [-0.39, 0.29) is 43.4 Å². The van der Waals surface area contributed by atoms with Gasteiger partial charge in [0.1, 0.15) is 20.8 Å². The highest BCUT2D eigenvalue weighted by Crippen LogP contribution is 2.35. The molecule has 3 rings (SSSR count). The molecular formula is C15H11Cl2F3N4O3S. The number of pyridine rings is 2. The van der Waals surface area contributed by atoms with Crippen LogP contribution in [-0.2, 0) is 16.0 Å². The van der Waals surface area contributed by atoms with Crippen molar-refractivity contribution in [1.82, 2.24) is 19.7 Å². The zero-order valence-corrected chi connectivity index (χ0v) is 16.6. The standard InChI is InChI=1S/C15H11Cl2F3N4O3S/c1-3-28(25,26)10-4-8(16)14(27-2)22-13(10)24-12(17)7-6-21-11(15(18,19)20)5-9(7)23-24/h4-6H,3H2,1-2H3. The SMILES string of the molecule is CCS(=O)(=O)c1cc(Cl)c(OC)nc1-n1nc2cc(C(F)(F)F)ncc2c1Cl. The fourth-order valence-corrected chi connectivity index (χ4v) is 3.95. The first kappa shape index (κ1) is 20.6. The lowest BCUT2D eigenvalue weighted by molar-refractivity contribution is -0.141. The molecule has 150 valence electrons. The van der Waals surface area contributed by atoms with Gasteiger partial charge in [0.2, 0.25) is 5.88 Å². The van der Waals surface area contributed by atoms with Crippen molar-refractivity contribution >= 4 is 43.9 Å². The fraction of sp³-hybridized carbons (Fsp3) is 0.267. The summed E-state index contributed by atoms with van der Waals surface area (Å²) >= 11 is 12.2. The van der Waals surface area contributed by atoms with Crippen LogP contribution in [0.5, 0.6) is 5.88 Å². The molecule has 0 aliphatic rings. The topological polar surface area (TPSA) is 87.0 Å². The molecule has 0 N–H and O–H groups in total. The monoisotopic (exact) mass is 454 g/mol. The Morgan fingerprint density at radius 2 is 1.93 bits per heavy atom. The summed E-state index contributed by atoms with van der Waals surface area (Å²) in [4.78, 5) is 7.08. The van der Waals surface area contributed by atoms with E-state index in [0.717, 1.165) is 16.9 Å². The Kier molecular flexibility index (Phi) is 5.19. The highest BCUT2D eigenvalue weighted by Gasteiger charge is 2.33. The molecule has 28 heavy (non-hydrogen) atoms. The van der Waals surface area contributed by atoms with Gasteiger partial charge in [-0.05, 0) is 12.1 Å². The van der Waals surface area contributed by atoms with Gasteiger partial charge in [-0.2, -0.15) is 23.3 Å². The molecule has 0 atom stereocenters. The van der Waals surface area contributed by atoms with E-state index < -0.39 is 21.7 Å². The summed E-state index contributed by atoms with van der Waals surface area (Å²) in [5.41, 5.74) is -1.30. The van der Waals surface area contributed by atoms with Gasteiger partial charge in [0.25, 0.3) is 0 Å². The molecule has 7 nitrogen and oxygen atoms in total. The van der Waals surface area contributed by atoms with Gasteiger partial charge in [0.15, 0.2) is 15.7 Å². The van der Waals surface area contributed by atoms with Crippen molar-refractivity contribution in [1.29, 1.82) is 0 Å². The number of rotatable bonds is 4. The van der Waals surface area contributed by atoms with Crippen LogP contribution in [0.1, 0.15) is 12.6 Å². The number of ether oxygens (including phenoxy) is 1. The van der Waals surface area contributed by atoms with Gasteiger partial charge in [-0.3, -0.25) is 4.98 Å². The van der Waals surface area contributed by atoms with Gasteiger partial charge in [-0.15, -0.1) is 0 Å². The zero-order valence-electron chi connectivity index (χ0n) is 14.3. The van der Waals surface area contributed by atoms with E-state index in [2.05, 4.69) is 15.1 Å². The second kappa shape index (κ2) is 7.05. The van der Waals surface area contributed by atoms with Crippen LogP contribution in [0, 0.1) is 0 Å². The molecular weight excluding hydrogens is 444 g/mol. The fourth-order valence-electron chi connectivity index (χ4n) is 2.37. The minimum absolute atomic E-state index is 0.0628. The summed E-state index contributed by atoms with van der Waals surface area (Å²) < 4.78 is 69.6. The smallest absolute Gasteiger partial charge is 0.433 e. The summed E-state index contributed by atoms with van der Waals surface area (Å²) in [6.45, 7) is 1.41. The Labute approximate surface area is 167 Å². The second-order valence-corrected chi connectivity index (χ2v) is 8.50. The van der Waals surface area contributed by atoms with Crippen molar-refractivity contribution in [3.8, 4) is 11.7 Å². The Morgan fingerprint density at radius 3 is 2.50 bits per heavy atom. The number of aromatic nitrogens is 4. The van der Waals surface area contributed by atoms with Crippen LogP contribution >= 0.6 is 23.2 Å². The quantitative estimate of drug-likeness (QED) is 0.593. The van der Waals surface area contributed by atoms with Gasteiger partial charge in [0, 0.05) is 6.20 Å². The Balaban J connectivity index is 2.34. The molecule has 0 saturated heterocycles. The molecule has 0 amide bonds. The number of nitrogens with zero attached hydrogens (tertiary/aromatic N) is 4. The first-order valence-corrected chi connectivity index (χ1v) is 9.99. The average molecular weight is 455 g/mol. The molecule has 0 bridgehead atoms. The van der Waals surface area contributed by atoms with E-state index in [1.165, 1.54) is 14.0 Å². The molecule has 13 heteroatoms. The van der Waals surface area contributed by atoms with E-state index in [9.17, 15) is 21.6 Å². The number of fused-ring (bicyclic) bond motifs is 1. The van der Waals surface area contributed by atoms with Crippen molar-refractivity contribution in [2.75, 3.05) is 12.9 Å². The first-order chi connectivity index (χ1) is 13.0. The highest BCUT2D eigenvalue weighted by molar-refractivity contribution is 7.91. The molecule has 0 fully saturated rings. The van der Waals surface area contributed by atoms with E-state index in [0.29, 0.717) is 6.07 Å². The molecule has 0 unspecified atom stereocenters. The number of hydrogen-bond donors (Lipinski definition) is 0. The minimum Gasteiger partial charge on any atom is -0.480 e. The Bertz CT molecular complexity index is 1180. The van der Waals surface area contributed by atoms with Crippen LogP contribution in [-0.4, -0.2) is 41.0 Å². The van der Waals surface area contributed by atoms with Crippen LogP contribution in [0.4, 0.5) is 13.2 Å². The highest BCUT2D eigenvalue weighted by atomic mass is 35.5. The van der Waals surface area contributed by atoms with Crippen molar-refractivity contribution in [3.05, 3.63) is 34.2 Å². The van der Waals surface area contributed by atoms with Crippen LogP contribution in [0.15, 0.2) is 23.2 Å². The maximum Gasteiger partial charge on any atom is 0.433 e. The normalized spacial score (nSPS) is 12.5. The van der Waals surface area contributed by atoms with Crippen molar-refractivity contribution in [2.24, 2.45) is 0 Å². The summed E-state index contributed by atoms with van der Waals surface area (Å²) in [5.74, 6) is -0.628. The van der Waals surface area contributed by atoms with Gasteiger partial charge >= 0.3 is 6.18 Å². The average Bonchev–Trinajstić information content (AvgIpc) is 2.97. The summed E-state index contributed by atoms with van der Waals surface area (Å²) in [6, 6.07) is 1.84. The van der Waals surface area contributed by atoms with E-state index in [1.54, 1.807) is 0 Å². The third kappa shape index (κ3) is 3.49.